The van der Waals surface area contributed by atoms with Crippen LogP contribution < -0.4 is 0 Å². The predicted molar refractivity (Wildman–Crippen MR) is 63.6 cm³/mol. The fraction of sp³-hybridized carbons (Fsp3) is 0.769. The summed E-state index contributed by atoms with van der Waals surface area (Å²) in [4.78, 5) is 11.4. The van der Waals surface area contributed by atoms with Crippen LogP contribution in [0.5, 0.6) is 0 Å². The SMILES string of the molecule is CC(C)(C)C/C=C\COC(=O)C(C)(C)C. The maximum atomic E-state index is 11.4. The van der Waals surface area contributed by atoms with Gasteiger partial charge in [-0.05, 0) is 32.6 Å². The fourth-order valence-corrected chi connectivity index (χ4v) is 0.845. The molecule has 0 amide bonds. The average molecular weight is 212 g/mol. The summed E-state index contributed by atoms with van der Waals surface area (Å²) in [6.45, 7) is 12.5. The van der Waals surface area contributed by atoms with Crippen LogP contribution >= 0.6 is 0 Å². The van der Waals surface area contributed by atoms with Gasteiger partial charge in [-0.1, -0.05) is 32.9 Å². The molecule has 15 heavy (non-hydrogen) atoms. The third-order valence-corrected chi connectivity index (χ3v) is 1.82. The van der Waals surface area contributed by atoms with E-state index in [9.17, 15) is 4.79 Å². The number of carbonyl (C=O) groups is 1. The summed E-state index contributed by atoms with van der Waals surface area (Å²) in [6.07, 6.45) is 4.98. The number of rotatable bonds is 3. The quantitative estimate of drug-likeness (QED) is 0.528. The first-order valence-electron chi connectivity index (χ1n) is 5.45. The monoisotopic (exact) mass is 212 g/mol. The molecule has 88 valence electrons. The molecule has 0 aliphatic rings. The lowest BCUT2D eigenvalue weighted by atomic mass is 9.92. The summed E-state index contributed by atoms with van der Waals surface area (Å²) in [6, 6.07) is 0. The molecule has 0 spiro atoms. The molecule has 0 saturated heterocycles. The highest BCUT2D eigenvalue weighted by Gasteiger charge is 2.22. The topological polar surface area (TPSA) is 26.3 Å². The minimum Gasteiger partial charge on any atom is -0.461 e. The fourth-order valence-electron chi connectivity index (χ4n) is 0.845. The van der Waals surface area contributed by atoms with E-state index in [1.807, 2.05) is 26.8 Å². The summed E-state index contributed by atoms with van der Waals surface area (Å²) in [5.74, 6) is -0.150. The molecule has 0 rings (SSSR count). The van der Waals surface area contributed by atoms with Crippen molar-refractivity contribution in [3.8, 4) is 0 Å². The molecule has 2 nitrogen and oxygen atoms in total. The molecule has 0 bridgehead atoms. The first kappa shape index (κ1) is 14.2. The number of hydrogen-bond donors (Lipinski definition) is 0. The zero-order valence-electron chi connectivity index (χ0n) is 10.9. The Morgan fingerprint density at radius 3 is 2.00 bits per heavy atom. The molecular weight excluding hydrogens is 188 g/mol. The van der Waals surface area contributed by atoms with E-state index in [2.05, 4.69) is 26.8 Å². The van der Waals surface area contributed by atoms with Crippen molar-refractivity contribution in [3.63, 3.8) is 0 Å². The van der Waals surface area contributed by atoms with E-state index >= 15 is 0 Å². The van der Waals surface area contributed by atoms with Gasteiger partial charge in [0.25, 0.3) is 0 Å². The number of allylic oxidation sites excluding steroid dienone is 1. The van der Waals surface area contributed by atoms with Crippen LogP contribution in [0.25, 0.3) is 0 Å². The summed E-state index contributed by atoms with van der Waals surface area (Å²) in [7, 11) is 0. The van der Waals surface area contributed by atoms with Crippen molar-refractivity contribution in [1.82, 2.24) is 0 Å². The third-order valence-electron chi connectivity index (χ3n) is 1.82. The molecule has 0 N–H and O–H groups in total. The molecule has 0 aromatic heterocycles. The first-order valence-corrected chi connectivity index (χ1v) is 5.45. The standard InChI is InChI=1S/C13H24O2/c1-12(2,3)9-7-8-10-15-11(14)13(4,5)6/h7-8H,9-10H2,1-6H3/b8-7-. The van der Waals surface area contributed by atoms with Crippen molar-refractivity contribution < 1.29 is 9.53 Å². The molecular formula is C13H24O2. The van der Waals surface area contributed by atoms with E-state index in [-0.39, 0.29) is 5.97 Å². The van der Waals surface area contributed by atoms with Gasteiger partial charge >= 0.3 is 5.97 Å². The van der Waals surface area contributed by atoms with Crippen molar-refractivity contribution in [3.05, 3.63) is 12.2 Å². The van der Waals surface area contributed by atoms with Gasteiger partial charge in [-0.15, -0.1) is 0 Å². The van der Waals surface area contributed by atoms with Gasteiger partial charge in [0.15, 0.2) is 0 Å². The maximum absolute atomic E-state index is 11.4. The Hall–Kier alpha value is -0.790. The number of ether oxygens (including phenoxy) is 1. The molecule has 0 radical (unpaired) electrons. The molecule has 0 aromatic carbocycles. The molecule has 2 heteroatoms. The second-order valence-electron chi connectivity index (χ2n) is 6.08. The highest BCUT2D eigenvalue weighted by molar-refractivity contribution is 5.75. The summed E-state index contributed by atoms with van der Waals surface area (Å²) in [5.41, 5.74) is -0.109. The van der Waals surface area contributed by atoms with Crippen molar-refractivity contribution in [2.75, 3.05) is 6.61 Å². The molecule has 0 aliphatic heterocycles. The lowest BCUT2D eigenvalue weighted by molar-refractivity contribution is -0.151. The van der Waals surface area contributed by atoms with Gasteiger partial charge in [0.2, 0.25) is 0 Å². The molecule has 0 fully saturated rings. The van der Waals surface area contributed by atoms with Crippen LogP contribution in [0.3, 0.4) is 0 Å². The van der Waals surface area contributed by atoms with Gasteiger partial charge in [-0.25, -0.2) is 0 Å². The minimum absolute atomic E-state index is 0.150. The van der Waals surface area contributed by atoms with Gasteiger partial charge < -0.3 is 4.74 Å². The predicted octanol–water partition coefficient (Wildman–Crippen LogP) is 3.57. The van der Waals surface area contributed by atoms with Crippen molar-refractivity contribution >= 4 is 5.97 Å². The Balaban J connectivity index is 3.77. The lowest BCUT2D eigenvalue weighted by Gasteiger charge is -2.16. The van der Waals surface area contributed by atoms with Crippen LogP contribution in [0, 0.1) is 10.8 Å². The second kappa shape index (κ2) is 5.34. The number of esters is 1. The van der Waals surface area contributed by atoms with Gasteiger partial charge in [0.1, 0.15) is 6.61 Å². The zero-order valence-corrected chi connectivity index (χ0v) is 10.9. The van der Waals surface area contributed by atoms with E-state index in [4.69, 9.17) is 4.74 Å². The minimum atomic E-state index is -0.405. The largest absolute Gasteiger partial charge is 0.461 e. The van der Waals surface area contributed by atoms with E-state index in [0.717, 1.165) is 6.42 Å². The Morgan fingerprint density at radius 1 is 1.07 bits per heavy atom. The second-order valence-corrected chi connectivity index (χ2v) is 6.08. The normalized spacial score (nSPS) is 13.2. The summed E-state index contributed by atoms with van der Waals surface area (Å²) < 4.78 is 5.10. The van der Waals surface area contributed by atoms with Crippen LogP contribution in [-0.2, 0) is 9.53 Å². The Kier molecular flexibility index (Phi) is 5.06. The molecule has 0 aliphatic carbocycles. The third kappa shape index (κ3) is 8.22. The summed E-state index contributed by atoms with van der Waals surface area (Å²) in [5, 5.41) is 0. The molecule has 0 atom stereocenters. The molecule has 0 saturated carbocycles. The smallest absolute Gasteiger partial charge is 0.311 e. The van der Waals surface area contributed by atoms with Gasteiger partial charge in [-0.3, -0.25) is 4.79 Å². The number of carbonyl (C=O) groups excluding carboxylic acids is 1. The lowest BCUT2D eigenvalue weighted by Crippen LogP contribution is -2.22. The van der Waals surface area contributed by atoms with Crippen molar-refractivity contribution in [1.29, 1.82) is 0 Å². The first-order chi connectivity index (χ1) is 6.63. The summed E-state index contributed by atoms with van der Waals surface area (Å²) >= 11 is 0. The van der Waals surface area contributed by atoms with E-state index < -0.39 is 5.41 Å². The van der Waals surface area contributed by atoms with Gasteiger partial charge in [-0.2, -0.15) is 0 Å². The highest BCUT2D eigenvalue weighted by Crippen LogP contribution is 2.18. The van der Waals surface area contributed by atoms with Crippen LogP contribution in [0.1, 0.15) is 48.0 Å². The molecule has 0 unspecified atom stereocenters. The highest BCUT2D eigenvalue weighted by atomic mass is 16.5. The van der Waals surface area contributed by atoms with Crippen molar-refractivity contribution in [2.45, 2.75) is 48.0 Å². The Bertz CT molecular complexity index is 226. The van der Waals surface area contributed by atoms with E-state index in [1.54, 1.807) is 0 Å². The van der Waals surface area contributed by atoms with Crippen LogP contribution in [0.15, 0.2) is 12.2 Å². The Labute approximate surface area is 93.7 Å². The number of hydrogen-bond acceptors (Lipinski definition) is 2. The Morgan fingerprint density at radius 2 is 1.60 bits per heavy atom. The van der Waals surface area contributed by atoms with Crippen LogP contribution in [0.4, 0.5) is 0 Å². The average Bonchev–Trinajstić information content (AvgIpc) is 1.99. The van der Waals surface area contributed by atoms with Crippen LogP contribution in [0.2, 0.25) is 0 Å². The van der Waals surface area contributed by atoms with E-state index in [0.29, 0.717) is 12.0 Å². The van der Waals surface area contributed by atoms with Crippen LogP contribution in [-0.4, -0.2) is 12.6 Å². The van der Waals surface area contributed by atoms with Gasteiger partial charge in [0.05, 0.1) is 5.41 Å². The molecule has 0 heterocycles. The zero-order chi connectivity index (χ0) is 12.1. The van der Waals surface area contributed by atoms with Gasteiger partial charge in [0, 0.05) is 0 Å². The maximum Gasteiger partial charge on any atom is 0.311 e. The van der Waals surface area contributed by atoms with E-state index in [1.165, 1.54) is 0 Å². The molecule has 0 aromatic rings. The van der Waals surface area contributed by atoms with Crippen molar-refractivity contribution in [2.24, 2.45) is 10.8 Å².